The molecule has 0 aliphatic carbocycles. The van der Waals surface area contributed by atoms with Gasteiger partial charge in [0.2, 0.25) is 11.8 Å². The Kier molecular flexibility index (Phi) is 23.1. The number of hydrogen-bond donors (Lipinski definition) is 8. The number of rotatable bonds is 30. The van der Waals surface area contributed by atoms with E-state index in [9.17, 15) is 63.3 Å². The van der Waals surface area contributed by atoms with E-state index < -0.39 is 71.0 Å². The molecule has 332 valence electrons. The van der Waals surface area contributed by atoms with Gasteiger partial charge in [-0.05, 0) is 82.2 Å². The van der Waals surface area contributed by atoms with E-state index in [0.717, 1.165) is 23.3 Å². The molecule has 0 aliphatic heterocycles. The Morgan fingerprint density at radius 1 is 0.597 bits per heavy atom. The van der Waals surface area contributed by atoms with Crippen LogP contribution in [0.25, 0.3) is 0 Å². The highest BCUT2D eigenvalue weighted by Crippen LogP contribution is 2.13. The summed E-state index contributed by atoms with van der Waals surface area (Å²) in [6.45, 7) is 1.86. The molecule has 0 radical (unpaired) electrons. The van der Waals surface area contributed by atoms with Gasteiger partial charge >= 0.3 is 29.9 Å². The molecule has 0 spiro atoms. The van der Waals surface area contributed by atoms with Gasteiger partial charge in [0, 0.05) is 38.3 Å². The van der Waals surface area contributed by atoms with E-state index >= 15 is 0 Å². The van der Waals surface area contributed by atoms with Crippen molar-refractivity contribution >= 4 is 59.5 Å². The van der Waals surface area contributed by atoms with Gasteiger partial charge in [0.1, 0.15) is 35.6 Å². The molecule has 2 aromatic rings. The monoisotopic (exact) mass is 863 g/mol. The fourth-order valence-electron chi connectivity index (χ4n) is 5.95. The summed E-state index contributed by atoms with van der Waals surface area (Å²) in [5.41, 5.74) is -1.09. The zero-order valence-corrected chi connectivity index (χ0v) is 33.7. The number of amides is 4. The van der Waals surface area contributed by atoms with Crippen LogP contribution in [-0.2, 0) is 56.2 Å². The molecule has 0 saturated heterocycles. The number of allylic oxidation sites excluding steroid dienone is 1. The van der Waals surface area contributed by atoms with Crippen molar-refractivity contribution in [2.75, 3.05) is 6.54 Å². The lowest BCUT2D eigenvalue weighted by atomic mass is 10.0. The molecule has 3 atom stereocenters. The van der Waals surface area contributed by atoms with Crippen LogP contribution >= 0.6 is 0 Å². The van der Waals surface area contributed by atoms with Crippen LogP contribution in [0, 0.1) is 0 Å². The maximum atomic E-state index is 12.6. The Hall–Kier alpha value is -7.30. The van der Waals surface area contributed by atoms with Crippen LogP contribution in [-0.4, -0.2) is 120 Å². The Morgan fingerprint density at radius 2 is 1.16 bits per heavy atom. The van der Waals surface area contributed by atoms with Crippen molar-refractivity contribution in [2.24, 2.45) is 0 Å². The van der Waals surface area contributed by atoms with E-state index in [1.54, 1.807) is 23.7 Å². The van der Waals surface area contributed by atoms with Gasteiger partial charge in [0.25, 0.3) is 0 Å². The summed E-state index contributed by atoms with van der Waals surface area (Å²) in [4.78, 5) is 128. The minimum atomic E-state index is -2.40. The van der Waals surface area contributed by atoms with Crippen LogP contribution < -0.4 is 21.3 Å². The summed E-state index contributed by atoms with van der Waals surface area (Å²) in [7, 11) is 0. The largest absolute Gasteiger partial charge is 0.480 e. The maximum absolute atomic E-state index is 12.6. The second-order valence-corrected chi connectivity index (χ2v) is 13.8. The summed E-state index contributed by atoms with van der Waals surface area (Å²) in [5.74, 6) is -4.26. The van der Waals surface area contributed by atoms with Crippen LogP contribution in [0.1, 0.15) is 88.4 Å². The Bertz CT molecular complexity index is 1970. The number of unbranched alkanes of at least 4 members (excludes halogenated alkanes) is 4. The van der Waals surface area contributed by atoms with Crippen molar-refractivity contribution in [3.63, 3.8) is 0 Å². The summed E-state index contributed by atoms with van der Waals surface area (Å²) < 4.78 is 0. The number of aliphatic carboxylic acids is 4. The second kappa shape index (κ2) is 28.2. The zero-order valence-electron chi connectivity index (χ0n) is 33.7. The number of carboxylic acid groups (broad SMARTS) is 4. The molecule has 0 fully saturated rings. The molecule has 0 aliphatic rings. The van der Waals surface area contributed by atoms with E-state index in [0.29, 0.717) is 58.2 Å². The summed E-state index contributed by atoms with van der Waals surface area (Å²) in [6.07, 6.45) is 6.37. The van der Waals surface area contributed by atoms with E-state index in [1.807, 2.05) is 41.7 Å². The van der Waals surface area contributed by atoms with Crippen LogP contribution in [0.15, 0.2) is 65.6 Å². The molecule has 3 unspecified atom stereocenters. The van der Waals surface area contributed by atoms with E-state index in [1.165, 1.54) is 0 Å². The van der Waals surface area contributed by atoms with Crippen molar-refractivity contribution < 1.29 is 68.4 Å². The first kappa shape index (κ1) is 50.8. The molecule has 62 heavy (non-hydrogen) atoms. The molecule has 8 N–H and O–H groups in total. The van der Waals surface area contributed by atoms with Crippen molar-refractivity contribution in [1.82, 2.24) is 36.1 Å². The molecule has 2 aromatic heterocycles. The molecule has 4 amide bonds. The molecular formula is C41H49N7O14. The molecule has 2 rings (SSSR count). The van der Waals surface area contributed by atoms with Crippen LogP contribution in [0.3, 0.4) is 0 Å². The standard InChI is InChI=1S/C41H49N7O14/c49-24-29(14-11-16-33(39(58)59)46-41(62)47-36(40(60)61)30(25-50)31(26-51)37(54)55)44-34(52)17-3-1-2-4-18-35(53)45-32(38(56)57)15-7-10-21-48(22-27-12-5-8-19-42-27)23-28-13-6-9-20-43-28/h5-6,8-9,12-13,19-20,32-33,36H,1-4,7,10-11,14-18,21-23H2,(H,44,52)(H,45,53)(H,54,55)(H,56,57)(H,58,59)(H,60,61)(H2,46,47,62). The number of hydrogen-bond acceptors (Lipinski definition) is 13. The highest BCUT2D eigenvalue weighted by atomic mass is 16.4. The predicted molar refractivity (Wildman–Crippen MR) is 215 cm³/mol. The number of carbonyl (C=O) groups excluding carboxylic acids is 6. The number of carboxylic acids is 4. The van der Waals surface area contributed by atoms with Gasteiger partial charge < -0.3 is 41.7 Å². The SMILES string of the molecule is O=C=C(CCCC(NC(=O)NC(C(=O)O)C(=C=O)C(=C=O)C(=O)O)C(=O)O)NC(=O)CCCCCCC(=O)NC(CCCCN(Cc1ccccn1)Cc1ccccn1)C(=O)O. The number of carbonyl (C=O) groups is 7. The van der Waals surface area contributed by atoms with Crippen LogP contribution in [0.4, 0.5) is 4.79 Å². The quantitative estimate of drug-likeness (QED) is 0.0238. The topological polar surface area (TPSA) is 329 Å². The van der Waals surface area contributed by atoms with E-state index in [-0.39, 0.29) is 44.2 Å². The first-order valence-electron chi connectivity index (χ1n) is 19.5. The fraction of sp³-hybridized carbons (Fsp3) is 0.439. The Morgan fingerprint density at radius 3 is 1.65 bits per heavy atom. The summed E-state index contributed by atoms with van der Waals surface area (Å²) >= 11 is 0. The van der Waals surface area contributed by atoms with Gasteiger partial charge in [-0.15, -0.1) is 0 Å². The van der Waals surface area contributed by atoms with Crippen molar-refractivity contribution in [3.05, 3.63) is 77.0 Å². The highest BCUT2D eigenvalue weighted by Gasteiger charge is 2.33. The second-order valence-electron chi connectivity index (χ2n) is 13.8. The molecule has 2 heterocycles. The predicted octanol–water partition coefficient (Wildman–Crippen LogP) is 1.37. The number of urea groups is 1. The van der Waals surface area contributed by atoms with E-state index in [2.05, 4.69) is 25.5 Å². The summed E-state index contributed by atoms with van der Waals surface area (Å²) in [5, 5.41) is 46.1. The van der Waals surface area contributed by atoms with Gasteiger partial charge in [-0.1, -0.05) is 25.0 Å². The Labute approximate surface area is 355 Å². The fourth-order valence-corrected chi connectivity index (χ4v) is 5.95. The third-order valence-corrected chi connectivity index (χ3v) is 9.07. The number of aromatic nitrogens is 2. The number of nitrogens with zero attached hydrogens (tertiary/aromatic N) is 3. The third kappa shape index (κ3) is 19.6. The van der Waals surface area contributed by atoms with Gasteiger partial charge in [-0.2, -0.15) is 0 Å². The number of pyridine rings is 2. The number of nitrogens with one attached hydrogen (secondary N) is 4. The first-order valence-corrected chi connectivity index (χ1v) is 19.5. The summed E-state index contributed by atoms with van der Waals surface area (Å²) in [6, 6.07) is 4.80. The molecule has 21 nitrogen and oxygen atoms in total. The minimum Gasteiger partial charge on any atom is -0.480 e. The Balaban J connectivity index is 1.70. The lowest BCUT2D eigenvalue weighted by molar-refractivity contribution is -0.142. The molecular weight excluding hydrogens is 814 g/mol. The zero-order chi connectivity index (χ0) is 45.9. The molecule has 0 saturated carbocycles. The van der Waals surface area contributed by atoms with Crippen molar-refractivity contribution in [3.8, 4) is 0 Å². The first-order chi connectivity index (χ1) is 29.7. The lowest BCUT2D eigenvalue weighted by Crippen LogP contribution is -2.52. The van der Waals surface area contributed by atoms with Crippen molar-refractivity contribution in [2.45, 2.75) is 108 Å². The van der Waals surface area contributed by atoms with E-state index in [4.69, 9.17) is 5.11 Å². The average Bonchev–Trinajstić information content (AvgIpc) is 3.23. The third-order valence-electron chi connectivity index (χ3n) is 9.07. The van der Waals surface area contributed by atoms with Gasteiger partial charge in [-0.25, -0.2) is 38.4 Å². The van der Waals surface area contributed by atoms with Gasteiger partial charge in [0.05, 0.1) is 17.0 Å². The van der Waals surface area contributed by atoms with Gasteiger partial charge in [-0.3, -0.25) is 24.5 Å². The molecule has 21 heteroatoms. The van der Waals surface area contributed by atoms with Crippen LogP contribution in [0.2, 0.25) is 0 Å². The normalized spacial score (nSPS) is 11.9. The lowest BCUT2D eigenvalue weighted by Gasteiger charge is -2.22. The maximum Gasteiger partial charge on any atom is 0.348 e. The van der Waals surface area contributed by atoms with Crippen molar-refractivity contribution in [1.29, 1.82) is 0 Å². The van der Waals surface area contributed by atoms with Gasteiger partial charge in [0.15, 0.2) is 11.6 Å². The smallest absolute Gasteiger partial charge is 0.348 e. The highest BCUT2D eigenvalue weighted by molar-refractivity contribution is 6.06. The average molecular weight is 864 g/mol. The molecule has 0 bridgehead atoms. The minimum absolute atomic E-state index is 0.00391. The molecule has 0 aromatic carbocycles. The van der Waals surface area contributed by atoms with Crippen LogP contribution in [0.5, 0.6) is 0 Å².